The van der Waals surface area contributed by atoms with E-state index in [0.717, 1.165) is 12.8 Å². The summed E-state index contributed by atoms with van der Waals surface area (Å²) >= 11 is 0. The number of rotatable bonds is 2. The Morgan fingerprint density at radius 3 is 2.67 bits per heavy atom. The Labute approximate surface area is 72.4 Å². The van der Waals surface area contributed by atoms with Crippen molar-refractivity contribution in [2.24, 2.45) is 0 Å². The molecule has 1 aliphatic rings. The molecule has 0 bridgehead atoms. The molecule has 0 N–H and O–H groups in total. The van der Waals surface area contributed by atoms with Gasteiger partial charge < -0.3 is 9.47 Å². The summed E-state index contributed by atoms with van der Waals surface area (Å²) in [5, 5.41) is 0. The molecule has 0 aromatic carbocycles. The molecule has 1 fully saturated rings. The monoisotopic (exact) mass is 170 g/mol. The van der Waals surface area contributed by atoms with Crippen LogP contribution in [0.4, 0.5) is 0 Å². The molecular weight excluding hydrogens is 156 g/mol. The van der Waals surface area contributed by atoms with Crippen LogP contribution in [0, 0.1) is 0 Å². The molecule has 0 aromatic heterocycles. The molecule has 2 atom stereocenters. The highest BCUT2D eigenvalue weighted by molar-refractivity contribution is 5.87. The van der Waals surface area contributed by atoms with E-state index < -0.39 is 0 Å². The van der Waals surface area contributed by atoms with Crippen LogP contribution in [0.5, 0.6) is 0 Å². The zero-order chi connectivity index (χ0) is 9.14. The van der Waals surface area contributed by atoms with Crippen molar-refractivity contribution >= 4 is 5.97 Å². The van der Waals surface area contributed by atoms with Crippen LogP contribution in [0.3, 0.4) is 0 Å². The minimum absolute atomic E-state index is 0.202. The van der Waals surface area contributed by atoms with Crippen LogP contribution < -0.4 is 0 Å². The molecule has 1 aliphatic heterocycles. The summed E-state index contributed by atoms with van der Waals surface area (Å²) in [5.74, 6) is -0.367. The van der Waals surface area contributed by atoms with Gasteiger partial charge in [0.2, 0.25) is 6.29 Å². The summed E-state index contributed by atoms with van der Waals surface area (Å²) in [5.41, 5.74) is 0.415. The Balaban J connectivity index is 2.32. The van der Waals surface area contributed by atoms with E-state index in [4.69, 9.17) is 9.47 Å². The van der Waals surface area contributed by atoms with Gasteiger partial charge in [0.15, 0.2) is 0 Å². The fourth-order valence-corrected chi connectivity index (χ4v) is 1.07. The van der Waals surface area contributed by atoms with Crippen molar-refractivity contribution in [3.8, 4) is 0 Å². The molecule has 1 saturated heterocycles. The molecular formula is C9H14O3. The van der Waals surface area contributed by atoms with E-state index in [1.807, 2.05) is 6.92 Å². The second-order valence-corrected chi connectivity index (χ2v) is 3.14. The molecule has 0 saturated carbocycles. The van der Waals surface area contributed by atoms with Crippen LogP contribution in [0.1, 0.15) is 26.7 Å². The normalized spacial score (nSPS) is 28.5. The van der Waals surface area contributed by atoms with Crippen LogP contribution in [-0.4, -0.2) is 18.4 Å². The Bertz CT molecular complexity index is 198. The first-order chi connectivity index (χ1) is 5.59. The second-order valence-electron chi connectivity index (χ2n) is 3.14. The number of esters is 1. The fraction of sp³-hybridized carbons (Fsp3) is 0.667. The lowest BCUT2D eigenvalue weighted by Crippen LogP contribution is -2.18. The minimum atomic E-state index is -0.367. The smallest absolute Gasteiger partial charge is 0.335 e. The third-order valence-electron chi connectivity index (χ3n) is 1.78. The van der Waals surface area contributed by atoms with Crippen molar-refractivity contribution < 1.29 is 14.3 Å². The molecule has 2 unspecified atom stereocenters. The van der Waals surface area contributed by atoms with E-state index >= 15 is 0 Å². The molecule has 1 heterocycles. The molecule has 0 radical (unpaired) electrons. The van der Waals surface area contributed by atoms with E-state index in [0.29, 0.717) is 5.57 Å². The molecule has 68 valence electrons. The van der Waals surface area contributed by atoms with Gasteiger partial charge in [-0.25, -0.2) is 4.79 Å². The van der Waals surface area contributed by atoms with Gasteiger partial charge in [0.1, 0.15) is 0 Å². The topological polar surface area (TPSA) is 35.5 Å². The first-order valence-corrected chi connectivity index (χ1v) is 4.11. The molecule has 1 rings (SSSR count). The quantitative estimate of drug-likeness (QED) is 0.466. The summed E-state index contributed by atoms with van der Waals surface area (Å²) in [6.45, 7) is 7.08. The third-order valence-corrected chi connectivity index (χ3v) is 1.78. The highest BCUT2D eigenvalue weighted by atomic mass is 16.7. The largest absolute Gasteiger partial charge is 0.432 e. The molecule has 3 heteroatoms. The first kappa shape index (κ1) is 9.26. The maximum absolute atomic E-state index is 11.0. The average Bonchev–Trinajstić information content (AvgIpc) is 2.35. The number of hydrogen-bond donors (Lipinski definition) is 0. The molecule has 12 heavy (non-hydrogen) atoms. The van der Waals surface area contributed by atoms with Crippen molar-refractivity contribution in [2.75, 3.05) is 0 Å². The lowest BCUT2D eigenvalue weighted by molar-refractivity contribution is -0.169. The van der Waals surface area contributed by atoms with E-state index in [2.05, 4.69) is 6.58 Å². The van der Waals surface area contributed by atoms with E-state index in [1.54, 1.807) is 6.92 Å². The van der Waals surface area contributed by atoms with Gasteiger partial charge in [0.05, 0.1) is 6.10 Å². The van der Waals surface area contributed by atoms with Crippen molar-refractivity contribution in [3.05, 3.63) is 12.2 Å². The van der Waals surface area contributed by atoms with Crippen LogP contribution >= 0.6 is 0 Å². The Kier molecular flexibility index (Phi) is 2.87. The molecule has 0 amide bonds. The summed E-state index contributed by atoms with van der Waals surface area (Å²) in [6, 6.07) is 0. The highest BCUT2D eigenvalue weighted by Gasteiger charge is 2.24. The lowest BCUT2D eigenvalue weighted by atomic mass is 10.3. The highest BCUT2D eigenvalue weighted by Crippen LogP contribution is 2.20. The van der Waals surface area contributed by atoms with Crippen LogP contribution in [0.2, 0.25) is 0 Å². The number of hydrogen-bond acceptors (Lipinski definition) is 3. The van der Waals surface area contributed by atoms with Gasteiger partial charge in [0, 0.05) is 12.0 Å². The predicted octanol–water partition coefficient (Wildman–Crippen LogP) is 1.63. The average molecular weight is 170 g/mol. The Hall–Kier alpha value is -0.830. The van der Waals surface area contributed by atoms with Gasteiger partial charge >= 0.3 is 5.97 Å². The van der Waals surface area contributed by atoms with E-state index in [1.165, 1.54) is 0 Å². The number of ether oxygens (including phenoxy) is 2. The Morgan fingerprint density at radius 2 is 2.25 bits per heavy atom. The standard InChI is InChI=1S/C9H14O3/c1-6(2)9(10)12-8-5-4-7(3)11-8/h7-8H,1,4-5H2,2-3H3. The summed E-state index contributed by atoms with van der Waals surface area (Å²) < 4.78 is 10.3. The van der Waals surface area contributed by atoms with E-state index in [9.17, 15) is 4.79 Å². The summed E-state index contributed by atoms with van der Waals surface area (Å²) in [7, 11) is 0. The van der Waals surface area contributed by atoms with E-state index in [-0.39, 0.29) is 18.4 Å². The van der Waals surface area contributed by atoms with Gasteiger partial charge in [-0.3, -0.25) is 0 Å². The third kappa shape index (κ3) is 2.34. The SMILES string of the molecule is C=C(C)C(=O)OC1CCC(C)O1. The Morgan fingerprint density at radius 1 is 1.58 bits per heavy atom. The number of carbonyl (C=O) groups is 1. The van der Waals surface area contributed by atoms with Crippen molar-refractivity contribution in [1.82, 2.24) is 0 Å². The zero-order valence-corrected chi connectivity index (χ0v) is 7.50. The summed E-state index contributed by atoms with van der Waals surface area (Å²) in [6.07, 6.45) is 1.59. The zero-order valence-electron chi connectivity index (χ0n) is 7.50. The van der Waals surface area contributed by atoms with Gasteiger partial charge in [-0.2, -0.15) is 0 Å². The van der Waals surface area contributed by atoms with Gasteiger partial charge in [-0.1, -0.05) is 6.58 Å². The molecule has 0 aliphatic carbocycles. The lowest BCUT2D eigenvalue weighted by Gasteiger charge is -2.11. The van der Waals surface area contributed by atoms with Gasteiger partial charge in [-0.05, 0) is 20.3 Å². The predicted molar refractivity (Wildman–Crippen MR) is 44.5 cm³/mol. The fourth-order valence-electron chi connectivity index (χ4n) is 1.07. The second kappa shape index (κ2) is 3.72. The van der Waals surface area contributed by atoms with Crippen molar-refractivity contribution in [1.29, 1.82) is 0 Å². The van der Waals surface area contributed by atoms with Gasteiger partial charge in [-0.15, -0.1) is 0 Å². The van der Waals surface area contributed by atoms with Crippen LogP contribution in [-0.2, 0) is 14.3 Å². The molecule has 3 nitrogen and oxygen atoms in total. The number of carbonyl (C=O) groups excluding carboxylic acids is 1. The summed E-state index contributed by atoms with van der Waals surface area (Å²) in [4.78, 5) is 11.0. The maximum atomic E-state index is 11.0. The van der Waals surface area contributed by atoms with Gasteiger partial charge in [0.25, 0.3) is 0 Å². The molecule has 0 aromatic rings. The maximum Gasteiger partial charge on any atom is 0.335 e. The van der Waals surface area contributed by atoms with Crippen LogP contribution in [0.15, 0.2) is 12.2 Å². The van der Waals surface area contributed by atoms with Crippen LogP contribution in [0.25, 0.3) is 0 Å². The first-order valence-electron chi connectivity index (χ1n) is 4.11. The van der Waals surface area contributed by atoms with Crippen molar-refractivity contribution in [3.63, 3.8) is 0 Å². The molecule has 0 spiro atoms. The van der Waals surface area contributed by atoms with Crippen molar-refractivity contribution in [2.45, 2.75) is 39.1 Å². The minimum Gasteiger partial charge on any atom is -0.432 e.